The monoisotopic (exact) mass is 339 g/mol. The number of halogens is 3. The Balaban J connectivity index is 4.61. The van der Waals surface area contributed by atoms with Crippen LogP contribution in [-0.4, -0.2) is 47.0 Å². The van der Waals surface area contributed by atoms with Gasteiger partial charge in [0.1, 0.15) is 0 Å². The quantitative estimate of drug-likeness (QED) is 0.576. The van der Waals surface area contributed by atoms with Gasteiger partial charge in [-0.1, -0.05) is 46.6 Å². The molecule has 0 bridgehead atoms. The zero-order valence-corrected chi connectivity index (χ0v) is 14.4. The summed E-state index contributed by atoms with van der Waals surface area (Å²) in [6.45, 7) is 6.98. The van der Waals surface area contributed by atoms with E-state index in [0.29, 0.717) is 6.29 Å². The molecular formula is C9H17Cl3NO2PS. The predicted molar refractivity (Wildman–Crippen MR) is 79.6 cm³/mol. The third kappa shape index (κ3) is 6.49. The van der Waals surface area contributed by atoms with Gasteiger partial charge >= 0.3 is 6.09 Å². The molecule has 0 heterocycles. The van der Waals surface area contributed by atoms with Gasteiger partial charge in [-0.25, -0.2) is 4.79 Å². The molecule has 3 nitrogen and oxygen atoms in total. The van der Waals surface area contributed by atoms with Gasteiger partial charge in [-0.2, -0.15) is 0 Å². The first-order valence-electron chi connectivity index (χ1n) is 4.81. The summed E-state index contributed by atoms with van der Waals surface area (Å²) in [6.07, 6.45) is -0.0591. The van der Waals surface area contributed by atoms with Crippen LogP contribution >= 0.6 is 40.8 Å². The lowest BCUT2D eigenvalue weighted by atomic mass is 10.2. The molecule has 0 unspecified atom stereocenters. The van der Waals surface area contributed by atoms with Crippen molar-refractivity contribution >= 4 is 58.7 Å². The van der Waals surface area contributed by atoms with Crippen molar-refractivity contribution in [3.8, 4) is 0 Å². The highest BCUT2D eigenvalue weighted by atomic mass is 35.6. The van der Waals surface area contributed by atoms with Crippen molar-refractivity contribution in [2.45, 2.75) is 23.2 Å². The largest absolute Gasteiger partial charge is 0.439 e. The number of hydrogen-bond donors (Lipinski definition) is 0. The molecule has 1 amide bonds. The van der Waals surface area contributed by atoms with Crippen LogP contribution in [-0.2, 0) is 16.5 Å². The lowest BCUT2D eigenvalue weighted by Gasteiger charge is -2.34. The van der Waals surface area contributed by atoms with Gasteiger partial charge in [0.2, 0.25) is 3.79 Å². The van der Waals surface area contributed by atoms with Gasteiger partial charge in [-0.15, -0.1) is 0 Å². The summed E-state index contributed by atoms with van der Waals surface area (Å²) >= 11 is 22.5. The van der Waals surface area contributed by atoms with E-state index >= 15 is 0 Å². The summed E-state index contributed by atoms with van der Waals surface area (Å²) in [5.74, 6) is 0. The molecule has 0 aliphatic heterocycles. The zero-order chi connectivity index (χ0) is 14.1. The van der Waals surface area contributed by atoms with Crippen molar-refractivity contribution < 1.29 is 9.53 Å². The third-order valence-corrected chi connectivity index (χ3v) is 4.71. The summed E-state index contributed by atoms with van der Waals surface area (Å²) in [6, 6.07) is -1.52. The van der Waals surface area contributed by atoms with Crippen molar-refractivity contribution in [3.63, 3.8) is 0 Å². The maximum Gasteiger partial charge on any atom is 0.410 e. The molecule has 0 N–H and O–H groups in total. The molecule has 0 saturated carbocycles. The summed E-state index contributed by atoms with van der Waals surface area (Å²) in [5, 5.41) is 0. The first-order valence-corrected chi connectivity index (χ1v) is 9.83. The molecular weight excluding hydrogens is 324 g/mol. The van der Waals surface area contributed by atoms with E-state index in [1.54, 1.807) is 20.9 Å². The first-order chi connectivity index (χ1) is 7.26. The van der Waals surface area contributed by atoms with Crippen LogP contribution < -0.4 is 0 Å². The van der Waals surface area contributed by atoms with Gasteiger partial charge in [-0.05, 0) is 33.2 Å². The Hall–Kier alpha value is 0.790. The fourth-order valence-electron chi connectivity index (χ4n) is 0.923. The number of carbonyl (C=O) groups is 1. The highest BCUT2D eigenvalue weighted by Gasteiger charge is 2.44. The molecule has 0 aliphatic rings. The number of hydrogen-bond acceptors (Lipinski definition) is 3. The lowest BCUT2D eigenvalue weighted by Crippen LogP contribution is -2.44. The molecule has 0 spiro atoms. The maximum atomic E-state index is 11.8. The summed E-state index contributed by atoms with van der Waals surface area (Å²) in [7, 11) is 1.62. The minimum absolute atomic E-state index is 0.483. The predicted octanol–water partition coefficient (Wildman–Crippen LogP) is 3.90. The van der Waals surface area contributed by atoms with E-state index in [1.165, 1.54) is 4.90 Å². The second-order valence-corrected chi connectivity index (χ2v) is 13.5. The van der Waals surface area contributed by atoms with Crippen molar-refractivity contribution in [2.75, 3.05) is 26.7 Å². The molecule has 102 valence electrons. The fourth-order valence-corrected chi connectivity index (χ4v) is 2.70. The van der Waals surface area contributed by atoms with Crippen molar-refractivity contribution in [2.24, 2.45) is 0 Å². The smallest absolute Gasteiger partial charge is 0.410 e. The number of nitrogens with zero attached hydrogens (tertiary/aromatic N) is 1. The van der Waals surface area contributed by atoms with Gasteiger partial charge in [0.25, 0.3) is 0 Å². The Labute approximate surface area is 123 Å². The zero-order valence-electron chi connectivity index (χ0n) is 10.5. The molecule has 8 heteroatoms. The molecule has 0 fully saturated rings. The lowest BCUT2D eigenvalue weighted by molar-refractivity contribution is 0.0231. The van der Waals surface area contributed by atoms with Crippen LogP contribution in [0.25, 0.3) is 0 Å². The van der Waals surface area contributed by atoms with Crippen molar-refractivity contribution in [1.29, 1.82) is 0 Å². The van der Waals surface area contributed by atoms with E-state index in [0.717, 1.165) is 0 Å². The molecule has 0 aromatic rings. The summed E-state index contributed by atoms with van der Waals surface area (Å²) < 4.78 is 3.49. The molecule has 0 aliphatic carbocycles. The van der Waals surface area contributed by atoms with E-state index in [1.807, 2.05) is 13.3 Å². The van der Waals surface area contributed by atoms with Crippen LogP contribution in [0.15, 0.2) is 0 Å². The van der Waals surface area contributed by atoms with Gasteiger partial charge in [-0.3, -0.25) is 0 Å². The fraction of sp³-hybridized carbons (Fsp3) is 0.889. The molecule has 0 aromatic carbocycles. The molecule has 0 atom stereocenters. The molecule has 0 rings (SSSR count). The standard InChI is InChI=1S/C9H17Cl3NO2PS/c1-8(2,9(10,11)12)15-7(14)13(3)6-16(4,5)17/h6H2,1-5H3. The Morgan fingerprint density at radius 2 is 1.76 bits per heavy atom. The topological polar surface area (TPSA) is 29.5 Å². The second kappa shape index (κ2) is 5.83. The Morgan fingerprint density at radius 3 is 2.06 bits per heavy atom. The minimum atomic E-state index is -1.68. The van der Waals surface area contributed by atoms with Gasteiger partial charge in [0, 0.05) is 7.05 Å². The van der Waals surface area contributed by atoms with Crippen molar-refractivity contribution in [1.82, 2.24) is 4.90 Å². The Kier molecular flexibility index (Phi) is 6.10. The number of rotatable bonds is 3. The molecule has 0 aromatic heterocycles. The number of carbonyl (C=O) groups excluding carboxylic acids is 1. The summed E-state index contributed by atoms with van der Waals surface area (Å²) in [4.78, 5) is 13.2. The molecule has 17 heavy (non-hydrogen) atoms. The van der Waals surface area contributed by atoms with E-state index in [9.17, 15) is 4.79 Å². The van der Waals surface area contributed by atoms with E-state index in [2.05, 4.69) is 0 Å². The van der Waals surface area contributed by atoms with Gasteiger partial charge in [0.15, 0.2) is 5.60 Å². The average molecular weight is 341 g/mol. The van der Waals surface area contributed by atoms with Gasteiger partial charge in [0.05, 0.1) is 6.29 Å². The Bertz CT molecular complexity index is 338. The maximum absolute atomic E-state index is 11.8. The van der Waals surface area contributed by atoms with E-state index < -0.39 is 21.5 Å². The first kappa shape index (κ1) is 17.8. The van der Waals surface area contributed by atoms with Gasteiger partial charge < -0.3 is 9.64 Å². The Morgan fingerprint density at radius 1 is 1.35 bits per heavy atom. The highest BCUT2D eigenvalue weighted by molar-refractivity contribution is 8.13. The number of amides is 1. The van der Waals surface area contributed by atoms with Crippen LogP contribution in [0.4, 0.5) is 4.79 Å². The van der Waals surface area contributed by atoms with E-state index in [4.69, 9.17) is 51.3 Å². The van der Waals surface area contributed by atoms with Crippen LogP contribution in [0.1, 0.15) is 13.8 Å². The third-order valence-electron chi connectivity index (χ3n) is 1.89. The van der Waals surface area contributed by atoms with Crippen LogP contribution in [0.2, 0.25) is 0 Å². The SMILES string of the molecule is CN(CP(C)(C)=S)C(=O)OC(C)(C)C(Cl)(Cl)Cl. The minimum Gasteiger partial charge on any atom is -0.439 e. The van der Waals surface area contributed by atoms with Crippen LogP contribution in [0.5, 0.6) is 0 Å². The van der Waals surface area contributed by atoms with Crippen LogP contribution in [0, 0.1) is 0 Å². The van der Waals surface area contributed by atoms with Crippen molar-refractivity contribution in [3.05, 3.63) is 0 Å². The number of alkyl halides is 3. The second-order valence-electron chi connectivity index (χ2n) is 4.79. The molecule has 0 saturated heterocycles. The van der Waals surface area contributed by atoms with E-state index in [-0.39, 0.29) is 0 Å². The van der Waals surface area contributed by atoms with Crippen LogP contribution in [0.3, 0.4) is 0 Å². The normalized spacial score (nSPS) is 13.4. The number of ether oxygens (including phenoxy) is 1. The highest BCUT2D eigenvalue weighted by Crippen LogP contribution is 2.41. The summed E-state index contributed by atoms with van der Waals surface area (Å²) in [5.41, 5.74) is -1.20. The average Bonchev–Trinajstić information content (AvgIpc) is 1.97. The molecule has 0 radical (unpaired) electrons.